The molecule has 0 fully saturated rings. The largest absolute Gasteiger partial charge is 0.305 e. The van der Waals surface area contributed by atoms with E-state index >= 15 is 17.6 Å². The minimum Gasteiger partial charge on any atom is -0.305 e. The molecule has 10 rings (SSSR count). The van der Waals surface area contributed by atoms with E-state index in [1.165, 1.54) is 29.2 Å². The van der Waals surface area contributed by atoms with Crippen molar-refractivity contribution >= 4 is 72.1 Å². The van der Waals surface area contributed by atoms with Gasteiger partial charge in [0.1, 0.15) is 23.0 Å². The Labute approximate surface area is 354 Å². The summed E-state index contributed by atoms with van der Waals surface area (Å²) in [5, 5.41) is 14.1. The highest BCUT2D eigenvalue weighted by Crippen LogP contribution is 2.50. The van der Waals surface area contributed by atoms with Crippen LogP contribution in [0.3, 0.4) is 0 Å². The molecule has 0 aromatic heterocycles. The van der Waals surface area contributed by atoms with Gasteiger partial charge >= 0.3 is 0 Å². The standard InChI is InChI=1S/C54H30F4N4/c1-60-38-18-22-40(23-19-38)62(54-46(56)29-27-42(52(54)58)35-10-6-3-7-11-35)48-31-17-37-14-24-43-47(30-16-36-15-25-44(48)50(37)49(36)43)61(39-20-12-33(32-59)13-21-39)53-45(55)28-26-41(51(53)57)34-8-4-2-5-9-34/h2-31H. The molecule has 10 aromatic carbocycles. The van der Waals surface area contributed by atoms with Crippen LogP contribution in [0.25, 0.3) is 59.4 Å². The van der Waals surface area contributed by atoms with Crippen molar-refractivity contribution in [3.8, 4) is 28.3 Å². The summed E-state index contributed by atoms with van der Waals surface area (Å²) >= 11 is 0. The summed E-state index contributed by atoms with van der Waals surface area (Å²) in [6.07, 6.45) is 0. The van der Waals surface area contributed by atoms with Gasteiger partial charge in [-0.1, -0.05) is 109 Å². The van der Waals surface area contributed by atoms with Crippen LogP contribution in [-0.2, 0) is 0 Å². The maximum Gasteiger partial charge on any atom is 0.187 e. The van der Waals surface area contributed by atoms with Crippen LogP contribution in [0, 0.1) is 41.2 Å². The van der Waals surface area contributed by atoms with Gasteiger partial charge in [-0.3, -0.25) is 0 Å². The summed E-state index contributed by atoms with van der Waals surface area (Å²) in [5.74, 6) is -3.11. The summed E-state index contributed by atoms with van der Waals surface area (Å²) in [6.45, 7) is 7.55. The number of halogens is 4. The van der Waals surface area contributed by atoms with Crippen molar-refractivity contribution < 1.29 is 17.6 Å². The van der Waals surface area contributed by atoms with Crippen molar-refractivity contribution in [2.45, 2.75) is 0 Å². The van der Waals surface area contributed by atoms with Crippen molar-refractivity contribution in [1.82, 2.24) is 0 Å². The zero-order valence-corrected chi connectivity index (χ0v) is 32.6. The summed E-state index contributed by atoms with van der Waals surface area (Å²) in [6, 6.07) is 53.5. The molecule has 10 aromatic rings. The zero-order chi connectivity index (χ0) is 42.5. The molecular formula is C54H30F4N4. The second kappa shape index (κ2) is 15.3. The van der Waals surface area contributed by atoms with E-state index in [4.69, 9.17) is 6.57 Å². The van der Waals surface area contributed by atoms with Gasteiger partial charge in [-0.25, -0.2) is 22.4 Å². The first-order valence-electron chi connectivity index (χ1n) is 19.7. The smallest absolute Gasteiger partial charge is 0.187 e. The van der Waals surface area contributed by atoms with Crippen molar-refractivity contribution in [3.05, 3.63) is 222 Å². The van der Waals surface area contributed by atoms with Crippen LogP contribution in [0.15, 0.2) is 182 Å². The lowest BCUT2D eigenvalue weighted by Gasteiger charge is -2.30. The maximum atomic E-state index is 17.1. The molecule has 0 heterocycles. The number of hydrogen-bond acceptors (Lipinski definition) is 3. The van der Waals surface area contributed by atoms with E-state index in [0.717, 1.165) is 21.5 Å². The van der Waals surface area contributed by atoms with Crippen molar-refractivity contribution in [3.63, 3.8) is 0 Å². The van der Waals surface area contributed by atoms with Crippen LogP contribution in [0.1, 0.15) is 5.56 Å². The van der Waals surface area contributed by atoms with Crippen LogP contribution in [0.5, 0.6) is 0 Å². The van der Waals surface area contributed by atoms with Crippen molar-refractivity contribution in [2.24, 2.45) is 0 Å². The number of hydrogen-bond donors (Lipinski definition) is 0. The molecule has 0 aliphatic heterocycles. The topological polar surface area (TPSA) is 34.6 Å². The molecule has 4 nitrogen and oxygen atoms in total. The lowest BCUT2D eigenvalue weighted by molar-refractivity contribution is 0.587. The molecule has 0 aliphatic rings. The van der Waals surface area contributed by atoms with Gasteiger partial charge in [0, 0.05) is 33.3 Å². The monoisotopic (exact) mass is 810 g/mol. The Hall–Kier alpha value is -8.46. The summed E-state index contributed by atoms with van der Waals surface area (Å²) < 4.78 is 67.0. The fraction of sp³-hybridized carbons (Fsp3) is 0. The third-order valence-corrected chi connectivity index (χ3v) is 11.3. The second-order valence-electron chi connectivity index (χ2n) is 14.8. The van der Waals surface area contributed by atoms with E-state index in [0.29, 0.717) is 55.9 Å². The fourth-order valence-corrected chi connectivity index (χ4v) is 8.47. The lowest BCUT2D eigenvalue weighted by atomic mass is 9.91. The second-order valence-corrected chi connectivity index (χ2v) is 14.8. The number of rotatable bonds is 8. The van der Waals surface area contributed by atoms with Gasteiger partial charge in [-0.15, -0.1) is 0 Å². The molecule has 0 atom stereocenters. The Bertz CT molecular complexity index is 3180. The zero-order valence-electron chi connectivity index (χ0n) is 32.6. The molecule has 0 spiro atoms. The van der Waals surface area contributed by atoms with Gasteiger partial charge in [0.2, 0.25) is 0 Å². The predicted octanol–water partition coefficient (Wildman–Crippen LogP) is 15.8. The predicted molar refractivity (Wildman–Crippen MR) is 241 cm³/mol. The average Bonchev–Trinajstić information content (AvgIpc) is 3.32. The van der Waals surface area contributed by atoms with E-state index in [9.17, 15) is 5.26 Å². The molecule has 294 valence electrons. The van der Waals surface area contributed by atoms with Gasteiger partial charge < -0.3 is 9.80 Å². The molecule has 0 bridgehead atoms. The highest BCUT2D eigenvalue weighted by molar-refractivity contribution is 6.28. The van der Waals surface area contributed by atoms with E-state index in [-0.39, 0.29) is 22.5 Å². The maximum absolute atomic E-state index is 17.1. The van der Waals surface area contributed by atoms with Crippen molar-refractivity contribution in [1.29, 1.82) is 5.26 Å². The Kier molecular flexibility index (Phi) is 9.32. The SMILES string of the molecule is [C-]#[N+]c1ccc(N(c2c(F)ccc(-c3ccccc3)c2F)c2ccc3ccc4c(N(c5ccc(C#N)cc5)c5c(F)ccc(-c6ccccc6)c5F)ccc5ccc2c3c54)cc1. The van der Waals surface area contributed by atoms with Gasteiger partial charge in [0.15, 0.2) is 17.3 Å². The molecular weight excluding hydrogens is 781 g/mol. The quantitative estimate of drug-likeness (QED) is 0.0871. The van der Waals surface area contributed by atoms with E-state index in [1.807, 2.05) is 60.7 Å². The highest BCUT2D eigenvalue weighted by atomic mass is 19.1. The highest BCUT2D eigenvalue weighted by Gasteiger charge is 2.29. The molecule has 0 unspecified atom stereocenters. The Balaban J connectivity index is 1.25. The first-order valence-corrected chi connectivity index (χ1v) is 19.7. The number of nitriles is 1. The Morgan fingerprint density at radius 2 is 0.871 bits per heavy atom. The molecule has 0 aliphatic carbocycles. The lowest BCUT2D eigenvalue weighted by Crippen LogP contribution is -2.15. The first-order chi connectivity index (χ1) is 30.3. The summed E-state index contributed by atoms with van der Waals surface area (Å²) in [4.78, 5) is 6.61. The molecule has 0 N–H and O–H groups in total. The average molecular weight is 811 g/mol. The number of nitrogens with zero attached hydrogens (tertiary/aromatic N) is 4. The molecule has 0 saturated heterocycles. The van der Waals surface area contributed by atoms with E-state index in [2.05, 4.69) is 10.9 Å². The number of anilines is 6. The van der Waals surface area contributed by atoms with Crippen LogP contribution in [0.4, 0.5) is 57.4 Å². The van der Waals surface area contributed by atoms with Gasteiger partial charge in [0.05, 0.1) is 29.6 Å². The Morgan fingerprint density at radius 3 is 1.29 bits per heavy atom. The third kappa shape index (κ3) is 6.22. The van der Waals surface area contributed by atoms with Crippen LogP contribution >= 0.6 is 0 Å². The van der Waals surface area contributed by atoms with Gasteiger partial charge in [0.25, 0.3) is 0 Å². The van der Waals surface area contributed by atoms with Crippen LogP contribution < -0.4 is 9.80 Å². The minimum atomic E-state index is -0.791. The molecule has 0 saturated carbocycles. The first kappa shape index (κ1) is 37.8. The normalized spacial score (nSPS) is 11.2. The van der Waals surface area contributed by atoms with Crippen LogP contribution in [-0.4, -0.2) is 0 Å². The molecule has 8 heteroatoms. The van der Waals surface area contributed by atoms with E-state index in [1.54, 1.807) is 102 Å². The van der Waals surface area contributed by atoms with Gasteiger partial charge in [-0.05, 0) is 105 Å². The fourth-order valence-electron chi connectivity index (χ4n) is 8.47. The molecule has 62 heavy (non-hydrogen) atoms. The van der Waals surface area contributed by atoms with Gasteiger partial charge in [-0.2, -0.15) is 5.26 Å². The summed E-state index contributed by atoms with van der Waals surface area (Å²) in [7, 11) is 0. The Morgan fingerprint density at radius 1 is 0.452 bits per heavy atom. The molecule has 0 amide bonds. The van der Waals surface area contributed by atoms with E-state index < -0.39 is 23.3 Å². The minimum absolute atomic E-state index is 0.211. The number of benzene rings is 10. The van der Waals surface area contributed by atoms with Crippen molar-refractivity contribution in [2.75, 3.05) is 9.80 Å². The third-order valence-electron chi connectivity index (χ3n) is 11.3. The summed E-state index contributed by atoms with van der Waals surface area (Å²) in [5.41, 5.74) is 3.49. The van der Waals surface area contributed by atoms with Crippen LogP contribution in [0.2, 0.25) is 0 Å². The molecule has 0 radical (unpaired) electrons.